The maximum Gasteiger partial charge on any atom is 0.349 e. The van der Waals surface area contributed by atoms with Gasteiger partial charge >= 0.3 is 6.03 Å². The van der Waals surface area contributed by atoms with E-state index in [4.69, 9.17) is 4.63 Å². The number of urea groups is 1. The van der Waals surface area contributed by atoms with Crippen LogP contribution in [0, 0.1) is 20.8 Å². The molecule has 0 aliphatic carbocycles. The maximum absolute atomic E-state index is 12.3. The second-order valence-electron chi connectivity index (χ2n) is 6.92. The van der Waals surface area contributed by atoms with E-state index < -0.39 is 18.0 Å². The van der Waals surface area contributed by atoms with Gasteiger partial charge in [-0.3, -0.25) is 10.1 Å². The number of anilines is 2. The molecule has 4 rings (SSSR count). The topological polar surface area (TPSA) is 125 Å². The number of nitrogens with zero attached hydrogens (tertiary/aromatic N) is 4. The number of nitrogens with one attached hydrogen (secondary N) is 3. The van der Waals surface area contributed by atoms with Crippen molar-refractivity contribution in [1.82, 2.24) is 20.9 Å². The van der Waals surface area contributed by atoms with Gasteiger partial charge in [-0.2, -0.15) is 4.99 Å². The first-order valence-corrected chi connectivity index (χ1v) is 9.01. The van der Waals surface area contributed by atoms with E-state index >= 15 is 0 Å². The highest BCUT2D eigenvalue weighted by Gasteiger charge is 2.39. The van der Waals surface area contributed by atoms with E-state index in [1.54, 1.807) is 0 Å². The molecule has 0 saturated heterocycles. The van der Waals surface area contributed by atoms with E-state index in [1.165, 1.54) is 0 Å². The van der Waals surface area contributed by atoms with Crippen LogP contribution in [0.15, 0.2) is 21.8 Å². The zero-order valence-electron chi connectivity index (χ0n) is 15.9. The third kappa shape index (κ3) is 3.22. The lowest BCUT2D eigenvalue weighted by atomic mass is 10.0. The number of hydrogen-bond donors (Lipinski definition) is 3. The van der Waals surface area contributed by atoms with E-state index in [1.807, 2.05) is 37.8 Å². The van der Waals surface area contributed by atoms with Gasteiger partial charge in [-0.25, -0.2) is 9.42 Å². The number of amides is 3. The molecule has 3 amide bonds. The minimum Gasteiger partial charge on any atom is -0.366 e. The third-order valence-corrected chi connectivity index (χ3v) is 5.00. The van der Waals surface area contributed by atoms with E-state index in [-0.39, 0.29) is 0 Å². The standard InChI is InChI=1S/C18H21N7O3/c1-9-6-12-14(7-10(9)2)25(5-4-19-8-13-11(3)23-28-24-13)16-15(20-12)17(26)22-18(27)21-16/h6-7,15,19-20H,4-5,8H2,1-3H3,(H,22,26,27). The quantitative estimate of drug-likeness (QED) is 0.654. The van der Waals surface area contributed by atoms with Gasteiger partial charge in [0.15, 0.2) is 6.04 Å². The molecule has 1 atom stereocenters. The number of carbonyl (C=O) groups is 2. The fourth-order valence-electron chi connectivity index (χ4n) is 3.30. The van der Waals surface area contributed by atoms with Gasteiger partial charge in [0.25, 0.3) is 5.91 Å². The molecule has 1 unspecified atom stereocenters. The number of aryl methyl sites for hydroxylation is 3. The Hall–Kier alpha value is -3.27. The molecule has 2 aliphatic heterocycles. The Morgan fingerprint density at radius 3 is 2.71 bits per heavy atom. The average molecular weight is 383 g/mol. The van der Waals surface area contributed by atoms with Crippen molar-refractivity contribution in [3.8, 4) is 0 Å². The minimum atomic E-state index is -0.700. The van der Waals surface area contributed by atoms with Gasteiger partial charge < -0.3 is 15.5 Å². The number of hydrogen-bond acceptors (Lipinski definition) is 8. The van der Waals surface area contributed by atoms with Crippen molar-refractivity contribution in [1.29, 1.82) is 0 Å². The van der Waals surface area contributed by atoms with Crippen LogP contribution < -0.4 is 20.9 Å². The summed E-state index contributed by atoms with van der Waals surface area (Å²) in [6.45, 7) is 7.50. The van der Waals surface area contributed by atoms with Crippen LogP contribution in [0.3, 0.4) is 0 Å². The Morgan fingerprint density at radius 2 is 1.96 bits per heavy atom. The Bertz CT molecular complexity index is 982. The number of carbonyl (C=O) groups excluding carboxylic acids is 2. The molecule has 146 valence electrons. The number of rotatable bonds is 5. The number of aromatic nitrogens is 2. The van der Waals surface area contributed by atoms with Gasteiger partial charge in [0, 0.05) is 19.6 Å². The molecule has 0 fully saturated rings. The number of imide groups is 1. The second-order valence-corrected chi connectivity index (χ2v) is 6.92. The Kier molecular flexibility index (Phi) is 4.55. The van der Waals surface area contributed by atoms with Crippen LogP contribution in [0.1, 0.15) is 22.5 Å². The number of amidine groups is 1. The molecule has 1 aromatic carbocycles. The zero-order valence-corrected chi connectivity index (χ0v) is 15.9. The van der Waals surface area contributed by atoms with E-state index in [0.717, 1.165) is 33.9 Å². The molecule has 2 aliphatic rings. The normalized spacial score (nSPS) is 18.2. The minimum absolute atomic E-state index is 0.402. The van der Waals surface area contributed by atoms with Gasteiger partial charge in [-0.15, -0.1) is 0 Å². The number of aliphatic imine (C=N–C) groups is 1. The fourth-order valence-corrected chi connectivity index (χ4v) is 3.30. The van der Waals surface area contributed by atoms with Crippen molar-refractivity contribution < 1.29 is 14.2 Å². The van der Waals surface area contributed by atoms with Crippen LogP contribution in [-0.2, 0) is 11.3 Å². The van der Waals surface area contributed by atoms with E-state index in [0.29, 0.717) is 25.5 Å². The van der Waals surface area contributed by atoms with Crippen LogP contribution >= 0.6 is 0 Å². The summed E-state index contributed by atoms with van der Waals surface area (Å²) in [4.78, 5) is 30.1. The molecule has 0 radical (unpaired) electrons. The smallest absolute Gasteiger partial charge is 0.349 e. The van der Waals surface area contributed by atoms with Crippen molar-refractivity contribution in [3.63, 3.8) is 0 Å². The molecule has 0 spiro atoms. The molecule has 3 heterocycles. The molecule has 28 heavy (non-hydrogen) atoms. The summed E-state index contributed by atoms with van der Waals surface area (Å²) in [5, 5.41) is 16.3. The molecule has 0 bridgehead atoms. The van der Waals surface area contributed by atoms with Crippen molar-refractivity contribution >= 4 is 29.1 Å². The first-order chi connectivity index (χ1) is 13.4. The van der Waals surface area contributed by atoms with Crippen LogP contribution in [-0.4, -0.2) is 47.2 Å². The summed E-state index contributed by atoms with van der Waals surface area (Å²) < 4.78 is 4.70. The monoisotopic (exact) mass is 383 g/mol. The SMILES string of the molecule is Cc1cc2c(cc1C)N(CCNCc1nonc1C)C1=NC(=O)NC(=O)C1N2. The Labute approximate surface area is 161 Å². The molecule has 0 saturated carbocycles. The summed E-state index contributed by atoms with van der Waals surface area (Å²) >= 11 is 0. The van der Waals surface area contributed by atoms with Crippen molar-refractivity contribution in [2.24, 2.45) is 4.99 Å². The highest BCUT2D eigenvalue weighted by molar-refractivity contribution is 6.26. The van der Waals surface area contributed by atoms with Crippen LogP contribution in [0.4, 0.5) is 16.2 Å². The first kappa shape index (κ1) is 18.1. The second kappa shape index (κ2) is 7.04. The summed E-state index contributed by atoms with van der Waals surface area (Å²) in [6.07, 6.45) is 0. The maximum atomic E-state index is 12.3. The lowest BCUT2D eigenvalue weighted by molar-refractivity contribution is -0.119. The van der Waals surface area contributed by atoms with Gasteiger partial charge in [-0.1, -0.05) is 10.3 Å². The molecule has 1 aromatic heterocycles. The molecule has 10 heteroatoms. The van der Waals surface area contributed by atoms with Crippen LogP contribution in [0.25, 0.3) is 0 Å². The predicted octanol–water partition coefficient (Wildman–Crippen LogP) is 1.03. The van der Waals surface area contributed by atoms with Crippen molar-refractivity contribution in [2.45, 2.75) is 33.4 Å². The van der Waals surface area contributed by atoms with Crippen molar-refractivity contribution in [2.75, 3.05) is 23.3 Å². The molecular weight excluding hydrogens is 362 g/mol. The summed E-state index contributed by atoms with van der Waals surface area (Å²) in [6, 6.07) is 2.71. The molecule has 10 nitrogen and oxygen atoms in total. The summed E-state index contributed by atoms with van der Waals surface area (Å²) in [5.41, 5.74) is 5.45. The third-order valence-electron chi connectivity index (χ3n) is 5.00. The Balaban J connectivity index is 1.59. The summed E-state index contributed by atoms with van der Waals surface area (Å²) in [7, 11) is 0. The summed E-state index contributed by atoms with van der Waals surface area (Å²) in [5.74, 6) is 0.00622. The lowest BCUT2D eigenvalue weighted by Crippen LogP contribution is -2.59. The average Bonchev–Trinajstić information content (AvgIpc) is 3.05. The number of benzene rings is 1. The van der Waals surface area contributed by atoms with Gasteiger partial charge in [0.2, 0.25) is 0 Å². The van der Waals surface area contributed by atoms with Gasteiger partial charge in [0.05, 0.1) is 11.4 Å². The largest absolute Gasteiger partial charge is 0.366 e. The first-order valence-electron chi connectivity index (χ1n) is 9.01. The molecular formula is C18H21N7O3. The van der Waals surface area contributed by atoms with Gasteiger partial charge in [-0.05, 0) is 44.0 Å². The van der Waals surface area contributed by atoms with Gasteiger partial charge in [0.1, 0.15) is 17.2 Å². The Morgan fingerprint density at radius 1 is 1.18 bits per heavy atom. The zero-order chi connectivity index (χ0) is 19.8. The van der Waals surface area contributed by atoms with Crippen LogP contribution in [0.5, 0.6) is 0 Å². The molecule has 3 N–H and O–H groups in total. The van der Waals surface area contributed by atoms with Crippen LogP contribution in [0.2, 0.25) is 0 Å². The lowest BCUT2D eigenvalue weighted by Gasteiger charge is -2.39. The predicted molar refractivity (Wildman–Crippen MR) is 102 cm³/mol. The van der Waals surface area contributed by atoms with Crippen molar-refractivity contribution in [3.05, 3.63) is 34.6 Å². The fraction of sp³-hybridized carbons (Fsp3) is 0.389. The highest BCUT2D eigenvalue weighted by Crippen LogP contribution is 2.35. The van der Waals surface area contributed by atoms with E-state index in [9.17, 15) is 9.59 Å². The number of fused-ring (bicyclic) bond motifs is 2. The molecule has 2 aromatic rings. The highest BCUT2D eigenvalue weighted by atomic mass is 16.6. The van der Waals surface area contributed by atoms with E-state index in [2.05, 4.69) is 31.3 Å².